The van der Waals surface area contributed by atoms with Gasteiger partial charge in [-0.15, -0.1) is 10.2 Å². The number of nitrogens with zero attached hydrogens (tertiary/aromatic N) is 3. The molecule has 4 rings (SSSR count). The Labute approximate surface area is 190 Å². The van der Waals surface area contributed by atoms with Crippen LogP contribution in [0.4, 0.5) is 0 Å². The van der Waals surface area contributed by atoms with E-state index in [4.69, 9.17) is 11.6 Å². The molecular weight excluding hydrogens is 428 g/mol. The van der Waals surface area contributed by atoms with Crippen molar-refractivity contribution in [1.29, 1.82) is 0 Å². The molecule has 0 fully saturated rings. The molecule has 0 aliphatic carbocycles. The van der Waals surface area contributed by atoms with Gasteiger partial charge in [-0.2, -0.15) is 0 Å². The largest absolute Gasteiger partial charge is 0.345 e. The molecule has 1 aromatic heterocycles. The second kappa shape index (κ2) is 9.81. The summed E-state index contributed by atoms with van der Waals surface area (Å²) in [7, 11) is 0. The van der Waals surface area contributed by atoms with Crippen molar-refractivity contribution in [2.75, 3.05) is 0 Å². The maximum Gasteiger partial charge on any atom is 0.251 e. The summed E-state index contributed by atoms with van der Waals surface area (Å²) in [5.74, 6) is 1.19. The van der Waals surface area contributed by atoms with Crippen molar-refractivity contribution >= 4 is 29.3 Å². The number of aryl methyl sites for hydroxylation is 1. The van der Waals surface area contributed by atoms with E-state index in [9.17, 15) is 4.79 Å². The highest BCUT2D eigenvalue weighted by Crippen LogP contribution is 2.28. The van der Waals surface area contributed by atoms with Gasteiger partial charge in [0.1, 0.15) is 0 Å². The lowest BCUT2D eigenvalue weighted by molar-refractivity contribution is 0.0949. The fourth-order valence-electron chi connectivity index (χ4n) is 3.15. The molecule has 0 radical (unpaired) electrons. The smallest absolute Gasteiger partial charge is 0.251 e. The maximum absolute atomic E-state index is 12.6. The third kappa shape index (κ3) is 5.16. The number of para-hydroxylation sites is 1. The quantitative estimate of drug-likeness (QED) is 0.382. The lowest BCUT2D eigenvalue weighted by Crippen LogP contribution is -2.24. The van der Waals surface area contributed by atoms with Gasteiger partial charge in [0, 0.05) is 22.0 Å². The Morgan fingerprint density at radius 3 is 2.55 bits per heavy atom. The van der Waals surface area contributed by atoms with E-state index in [-0.39, 0.29) is 12.5 Å². The van der Waals surface area contributed by atoms with Gasteiger partial charge in [-0.25, -0.2) is 0 Å². The number of aromatic nitrogens is 3. The molecule has 0 spiro atoms. The lowest BCUT2D eigenvalue weighted by Gasteiger charge is -2.11. The first-order chi connectivity index (χ1) is 15.1. The summed E-state index contributed by atoms with van der Waals surface area (Å²) < 4.78 is 1.97. The van der Waals surface area contributed by atoms with Crippen LogP contribution >= 0.6 is 23.4 Å². The van der Waals surface area contributed by atoms with E-state index in [2.05, 4.69) is 15.5 Å². The highest BCUT2D eigenvalue weighted by molar-refractivity contribution is 7.98. The average molecular weight is 449 g/mol. The van der Waals surface area contributed by atoms with Crippen LogP contribution in [0.15, 0.2) is 84.0 Å². The lowest BCUT2D eigenvalue weighted by atomic mass is 10.1. The van der Waals surface area contributed by atoms with Gasteiger partial charge in [0.05, 0.1) is 6.54 Å². The second-order valence-corrected chi connectivity index (χ2v) is 8.35. The highest BCUT2D eigenvalue weighted by Gasteiger charge is 2.16. The Hall–Kier alpha value is -3.09. The normalized spacial score (nSPS) is 10.8. The monoisotopic (exact) mass is 448 g/mol. The molecule has 1 amide bonds. The number of carbonyl (C=O) groups is 1. The molecular formula is C24H21ClN4OS. The number of carbonyl (C=O) groups excluding carboxylic acids is 1. The van der Waals surface area contributed by atoms with Crippen molar-refractivity contribution < 1.29 is 4.79 Å². The van der Waals surface area contributed by atoms with Crippen LogP contribution in [0.1, 0.15) is 27.3 Å². The van der Waals surface area contributed by atoms with E-state index >= 15 is 0 Å². The Balaban J connectivity index is 1.56. The van der Waals surface area contributed by atoms with E-state index in [1.165, 1.54) is 0 Å². The molecule has 7 heteroatoms. The molecule has 0 saturated heterocycles. The minimum absolute atomic E-state index is 0.142. The topological polar surface area (TPSA) is 59.8 Å². The minimum Gasteiger partial charge on any atom is -0.345 e. The van der Waals surface area contributed by atoms with Gasteiger partial charge in [0.25, 0.3) is 5.91 Å². The molecule has 4 aromatic rings. The number of rotatable bonds is 7. The molecule has 31 heavy (non-hydrogen) atoms. The van der Waals surface area contributed by atoms with Gasteiger partial charge in [0.15, 0.2) is 11.0 Å². The van der Waals surface area contributed by atoms with Gasteiger partial charge in [0.2, 0.25) is 0 Å². The summed E-state index contributed by atoms with van der Waals surface area (Å²) in [6.07, 6.45) is 0. The summed E-state index contributed by atoms with van der Waals surface area (Å²) in [5.41, 5.74) is 3.64. The number of hydrogen-bond acceptors (Lipinski definition) is 4. The van der Waals surface area contributed by atoms with Crippen molar-refractivity contribution in [3.05, 3.63) is 106 Å². The van der Waals surface area contributed by atoms with E-state index in [1.54, 1.807) is 17.8 Å². The molecule has 0 atom stereocenters. The minimum atomic E-state index is -0.142. The maximum atomic E-state index is 12.6. The molecule has 0 bridgehead atoms. The van der Waals surface area contributed by atoms with Crippen molar-refractivity contribution in [3.63, 3.8) is 0 Å². The van der Waals surface area contributed by atoms with Crippen LogP contribution in [0, 0.1) is 6.92 Å². The van der Waals surface area contributed by atoms with E-state index < -0.39 is 0 Å². The number of hydrogen-bond donors (Lipinski definition) is 1. The molecule has 0 unspecified atom stereocenters. The molecule has 0 aliphatic heterocycles. The third-order valence-electron chi connectivity index (χ3n) is 4.72. The van der Waals surface area contributed by atoms with Gasteiger partial charge < -0.3 is 5.32 Å². The van der Waals surface area contributed by atoms with Crippen molar-refractivity contribution in [2.45, 2.75) is 24.4 Å². The summed E-state index contributed by atoms with van der Waals surface area (Å²) >= 11 is 7.86. The predicted molar refractivity (Wildman–Crippen MR) is 125 cm³/mol. The van der Waals surface area contributed by atoms with Crippen LogP contribution < -0.4 is 5.32 Å². The molecule has 1 heterocycles. The van der Waals surface area contributed by atoms with Crippen LogP contribution in [-0.2, 0) is 12.3 Å². The zero-order valence-corrected chi connectivity index (χ0v) is 18.5. The number of benzene rings is 3. The van der Waals surface area contributed by atoms with Crippen molar-refractivity contribution in [1.82, 2.24) is 20.1 Å². The zero-order chi connectivity index (χ0) is 21.6. The molecule has 0 saturated carbocycles. The van der Waals surface area contributed by atoms with E-state index in [0.717, 1.165) is 27.0 Å². The van der Waals surface area contributed by atoms with E-state index in [1.807, 2.05) is 84.3 Å². The Bertz CT molecular complexity index is 1190. The van der Waals surface area contributed by atoms with Crippen LogP contribution in [0.2, 0.25) is 5.02 Å². The van der Waals surface area contributed by atoms with E-state index in [0.29, 0.717) is 17.1 Å². The van der Waals surface area contributed by atoms with Gasteiger partial charge in [-0.3, -0.25) is 9.36 Å². The second-order valence-electron chi connectivity index (χ2n) is 7.00. The molecule has 0 aliphatic rings. The zero-order valence-electron chi connectivity index (χ0n) is 17.0. The van der Waals surface area contributed by atoms with Crippen LogP contribution in [0.25, 0.3) is 5.69 Å². The summed E-state index contributed by atoms with van der Waals surface area (Å²) in [6, 6.07) is 25.1. The average Bonchev–Trinajstić information content (AvgIpc) is 3.20. The molecule has 1 N–H and O–H groups in total. The fourth-order valence-corrected chi connectivity index (χ4v) is 4.41. The summed E-state index contributed by atoms with van der Waals surface area (Å²) in [5, 5.41) is 13.2. The highest BCUT2D eigenvalue weighted by atomic mass is 35.5. The number of thioether (sulfide) groups is 1. The van der Waals surface area contributed by atoms with Crippen molar-refractivity contribution in [3.8, 4) is 5.69 Å². The Morgan fingerprint density at radius 2 is 1.77 bits per heavy atom. The van der Waals surface area contributed by atoms with Crippen LogP contribution in [0.5, 0.6) is 0 Å². The molecule has 5 nitrogen and oxygen atoms in total. The Kier molecular flexibility index (Phi) is 6.70. The molecule has 156 valence electrons. The van der Waals surface area contributed by atoms with Gasteiger partial charge in [-0.05, 0) is 42.8 Å². The molecule has 3 aromatic carbocycles. The fraction of sp³-hybridized carbons (Fsp3) is 0.125. The van der Waals surface area contributed by atoms with Crippen LogP contribution in [0.3, 0.4) is 0 Å². The summed E-state index contributed by atoms with van der Waals surface area (Å²) in [4.78, 5) is 12.6. The number of nitrogens with one attached hydrogen (secondary N) is 1. The first-order valence-electron chi connectivity index (χ1n) is 9.82. The van der Waals surface area contributed by atoms with Crippen molar-refractivity contribution in [2.24, 2.45) is 0 Å². The Morgan fingerprint density at radius 1 is 1.00 bits per heavy atom. The van der Waals surface area contributed by atoms with Gasteiger partial charge in [-0.1, -0.05) is 77.5 Å². The summed E-state index contributed by atoms with van der Waals surface area (Å²) in [6.45, 7) is 2.23. The predicted octanol–water partition coefficient (Wildman–Crippen LogP) is 5.45. The van der Waals surface area contributed by atoms with Gasteiger partial charge >= 0.3 is 0 Å². The first kappa shape index (κ1) is 21.2. The number of amides is 1. The van der Waals surface area contributed by atoms with Crippen LogP contribution in [-0.4, -0.2) is 20.7 Å². The third-order valence-corrected chi connectivity index (χ3v) is 6.06. The first-order valence-corrected chi connectivity index (χ1v) is 11.2. The standard InChI is InChI=1S/C24H21ClN4OS/c1-17-8-7-10-18(14-17)23(30)26-15-22-27-28-24(29(22)20-11-3-2-4-12-20)31-16-19-9-5-6-13-21(19)25/h2-14H,15-16H2,1H3,(H,26,30). The SMILES string of the molecule is Cc1cccc(C(=O)NCc2nnc(SCc3ccccc3Cl)n2-c2ccccc2)c1. The number of halogens is 1.